The standard InChI is InChI=1S/C6H13O3/c1-5(8)2-3-6(9)4-7/h2,5-9H,3-4H2,1H3. The Balaban J connectivity index is 3.06. The van der Waals surface area contributed by atoms with E-state index in [9.17, 15) is 0 Å². The van der Waals surface area contributed by atoms with Crippen LogP contribution in [0.1, 0.15) is 13.3 Å². The molecule has 3 N–H and O–H groups in total. The lowest BCUT2D eigenvalue weighted by molar-refractivity contribution is 0.0878. The number of aliphatic hydroxyl groups is 3. The fraction of sp³-hybridized carbons (Fsp3) is 0.833. The summed E-state index contributed by atoms with van der Waals surface area (Å²) >= 11 is 0. The molecule has 0 aliphatic rings. The number of rotatable bonds is 4. The summed E-state index contributed by atoms with van der Waals surface area (Å²) in [7, 11) is 0. The lowest BCUT2D eigenvalue weighted by Crippen LogP contribution is -2.14. The van der Waals surface area contributed by atoms with Crippen LogP contribution in [0.25, 0.3) is 0 Å². The molecule has 55 valence electrons. The first-order chi connectivity index (χ1) is 4.16. The Morgan fingerprint density at radius 3 is 2.33 bits per heavy atom. The van der Waals surface area contributed by atoms with Crippen molar-refractivity contribution in [1.82, 2.24) is 0 Å². The lowest BCUT2D eigenvalue weighted by atomic mass is 10.1. The fourth-order valence-electron chi connectivity index (χ4n) is 0.429. The zero-order chi connectivity index (χ0) is 7.28. The Morgan fingerprint density at radius 2 is 2.00 bits per heavy atom. The Bertz CT molecular complexity index is 63.3. The van der Waals surface area contributed by atoms with E-state index in [1.54, 1.807) is 13.3 Å². The minimum atomic E-state index is -0.723. The molecule has 0 fully saturated rings. The molecule has 0 bridgehead atoms. The van der Waals surface area contributed by atoms with Crippen molar-refractivity contribution < 1.29 is 15.3 Å². The number of hydrogen-bond acceptors (Lipinski definition) is 3. The summed E-state index contributed by atoms with van der Waals surface area (Å²) in [6.45, 7) is 1.35. The second-order valence-electron chi connectivity index (χ2n) is 2.05. The summed E-state index contributed by atoms with van der Waals surface area (Å²) in [5, 5.41) is 25.7. The molecule has 3 heteroatoms. The van der Waals surface area contributed by atoms with Gasteiger partial charge in [-0.05, 0) is 19.8 Å². The van der Waals surface area contributed by atoms with Gasteiger partial charge in [-0.1, -0.05) is 0 Å². The summed E-state index contributed by atoms with van der Waals surface area (Å²) in [6.07, 6.45) is 0.653. The van der Waals surface area contributed by atoms with Gasteiger partial charge >= 0.3 is 0 Å². The minimum Gasteiger partial charge on any atom is -0.394 e. The van der Waals surface area contributed by atoms with E-state index >= 15 is 0 Å². The normalized spacial score (nSPS) is 17.3. The van der Waals surface area contributed by atoms with Crippen molar-refractivity contribution in [2.75, 3.05) is 6.61 Å². The van der Waals surface area contributed by atoms with Gasteiger partial charge in [-0.25, -0.2) is 0 Å². The van der Waals surface area contributed by atoms with Gasteiger partial charge in [-0.3, -0.25) is 0 Å². The molecule has 0 aliphatic heterocycles. The zero-order valence-electron chi connectivity index (χ0n) is 5.49. The maximum Gasteiger partial charge on any atom is 0.0774 e. The van der Waals surface area contributed by atoms with Crippen LogP contribution in [-0.2, 0) is 0 Å². The Morgan fingerprint density at radius 1 is 1.44 bits per heavy atom. The van der Waals surface area contributed by atoms with Crippen LogP contribution in [0.4, 0.5) is 0 Å². The van der Waals surface area contributed by atoms with Crippen molar-refractivity contribution in [2.45, 2.75) is 25.6 Å². The third-order valence-corrected chi connectivity index (χ3v) is 0.960. The van der Waals surface area contributed by atoms with Gasteiger partial charge < -0.3 is 15.3 Å². The first-order valence-corrected chi connectivity index (χ1v) is 2.97. The molecule has 0 rings (SSSR count). The highest BCUT2D eigenvalue weighted by Crippen LogP contribution is 1.97. The Kier molecular flexibility index (Phi) is 4.67. The minimum absolute atomic E-state index is 0.247. The molecule has 3 nitrogen and oxygen atoms in total. The van der Waals surface area contributed by atoms with E-state index in [1.807, 2.05) is 0 Å². The average Bonchev–Trinajstić information content (AvgIpc) is 1.83. The van der Waals surface area contributed by atoms with E-state index in [0.717, 1.165) is 0 Å². The summed E-state index contributed by atoms with van der Waals surface area (Å²) in [4.78, 5) is 0. The summed E-state index contributed by atoms with van der Waals surface area (Å²) in [6, 6.07) is 0. The van der Waals surface area contributed by atoms with Crippen molar-refractivity contribution in [2.24, 2.45) is 0 Å². The first-order valence-electron chi connectivity index (χ1n) is 2.97. The van der Waals surface area contributed by atoms with Gasteiger partial charge in [0.15, 0.2) is 0 Å². The van der Waals surface area contributed by atoms with Crippen molar-refractivity contribution in [3.05, 3.63) is 6.42 Å². The largest absolute Gasteiger partial charge is 0.394 e. The van der Waals surface area contributed by atoms with Gasteiger partial charge in [0.25, 0.3) is 0 Å². The van der Waals surface area contributed by atoms with Crippen LogP contribution < -0.4 is 0 Å². The molecule has 0 saturated carbocycles. The smallest absolute Gasteiger partial charge is 0.0774 e. The molecule has 0 saturated heterocycles. The highest BCUT2D eigenvalue weighted by molar-refractivity contribution is 4.74. The van der Waals surface area contributed by atoms with Crippen LogP contribution in [0.5, 0.6) is 0 Å². The highest BCUT2D eigenvalue weighted by Gasteiger charge is 2.03. The van der Waals surface area contributed by atoms with Gasteiger partial charge in [0.1, 0.15) is 0 Å². The molecule has 2 atom stereocenters. The van der Waals surface area contributed by atoms with Crippen LogP contribution in [0.15, 0.2) is 0 Å². The maximum atomic E-state index is 8.71. The van der Waals surface area contributed by atoms with Crippen molar-refractivity contribution in [3.8, 4) is 0 Å². The monoisotopic (exact) mass is 133 g/mol. The van der Waals surface area contributed by atoms with E-state index < -0.39 is 12.2 Å². The zero-order valence-corrected chi connectivity index (χ0v) is 5.49. The second-order valence-corrected chi connectivity index (χ2v) is 2.05. The van der Waals surface area contributed by atoms with E-state index in [4.69, 9.17) is 15.3 Å². The summed E-state index contributed by atoms with van der Waals surface area (Å²) in [5.41, 5.74) is 0. The fourth-order valence-corrected chi connectivity index (χ4v) is 0.429. The van der Waals surface area contributed by atoms with Crippen molar-refractivity contribution in [1.29, 1.82) is 0 Å². The molecule has 0 amide bonds. The molecule has 1 radical (unpaired) electrons. The molecule has 0 aliphatic carbocycles. The molecular formula is C6H13O3. The quantitative estimate of drug-likeness (QED) is 0.476. The van der Waals surface area contributed by atoms with E-state index in [-0.39, 0.29) is 6.61 Å². The molecule has 0 heterocycles. The van der Waals surface area contributed by atoms with Crippen LogP contribution in [0.2, 0.25) is 0 Å². The van der Waals surface area contributed by atoms with Gasteiger partial charge in [0.2, 0.25) is 0 Å². The summed E-state index contributed by atoms with van der Waals surface area (Å²) in [5.74, 6) is 0. The van der Waals surface area contributed by atoms with E-state index in [1.165, 1.54) is 0 Å². The molecule has 0 spiro atoms. The van der Waals surface area contributed by atoms with Crippen molar-refractivity contribution in [3.63, 3.8) is 0 Å². The predicted octanol–water partition coefficient (Wildman–Crippen LogP) is -0.685. The molecular weight excluding hydrogens is 120 g/mol. The molecule has 9 heavy (non-hydrogen) atoms. The number of hydrogen-bond donors (Lipinski definition) is 3. The van der Waals surface area contributed by atoms with Crippen LogP contribution in [0.3, 0.4) is 0 Å². The second kappa shape index (κ2) is 4.73. The topological polar surface area (TPSA) is 60.7 Å². The SMILES string of the molecule is CC(O)[CH]CC(O)CO. The Hall–Kier alpha value is -0.120. The maximum absolute atomic E-state index is 8.71. The van der Waals surface area contributed by atoms with Crippen molar-refractivity contribution >= 4 is 0 Å². The third kappa shape index (κ3) is 5.76. The highest BCUT2D eigenvalue weighted by atomic mass is 16.3. The third-order valence-electron chi connectivity index (χ3n) is 0.960. The van der Waals surface area contributed by atoms with Gasteiger partial charge in [-0.2, -0.15) is 0 Å². The van der Waals surface area contributed by atoms with Crippen LogP contribution in [0, 0.1) is 6.42 Å². The Labute approximate surface area is 54.9 Å². The van der Waals surface area contributed by atoms with Crippen LogP contribution >= 0.6 is 0 Å². The molecule has 0 aromatic rings. The lowest BCUT2D eigenvalue weighted by Gasteiger charge is -2.06. The van der Waals surface area contributed by atoms with Crippen LogP contribution in [-0.4, -0.2) is 34.1 Å². The van der Waals surface area contributed by atoms with E-state index in [0.29, 0.717) is 6.42 Å². The average molecular weight is 133 g/mol. The van der Waals surface area contributed by atoms with E-state index in [2.05, 4.69) is 0 Å². The molecule has 0 aromatic heterocycles. The molecule has 2 unspecified atom stereocenters. The summed E-state index contributed by atoms with van der Waals surface area (Å²) < 4.78 is 0. The van der Waals surface area contributed by atoms with Gasteiger partial charge in [0.05, 0.1) is 18.8 Å². The van der Waals surface area contributed by atoms with Gasteiger partial charge in [0, 0.05) is 0 Å². The number of aliphatic hydroxyl groups excluding tert-OH is 3. The predicted molar refractivity (Wildman–Crippen MR) is 33.7 cm³/mol. The van der Waals surface area contributed by atoms with Gasteiger partial charge in [-0.15, -0.1) is 0 Å². The molecule has 0 aromatic carbocycles. The first kappa shape index (κ1) is 8.88.